The average Bonchev–Trinajstić information content (AvgIpc) is 3.17. The van der Waals surface area contributed by atoms with Gasteiger partial charge in [0.2, 0.25) is 5.91 Å². The molecule has 322 valence electrons. The van der Waals surface area contributed by atoms with Crippen molar-refractivity contribution in [2.45, 2.75) is 90.1 Å². The van der Waals surface area contributed by atoms with Crippen molar-refractivity contribution in [3.8, 4) is 0 Å². The second-order valence-electron chi connectivity index (χ2n) is 10.5. The molecule has 0 bridgehead atoms. The Hall–Kier alpha value is -2.22. The van der Waals surface area contributed by atoms with Crippen LogP contribution in [0.2, 0.25) is 0 Å². The lowest BCUT2D eigenvalue weighted by atomic mass is 10.3. The van der Waals surface area contributed by atoms with Gasteiger partial charge in [0.1, 0.15) is 13.2 Å². The second-order valence-corrected chi connectivity index (χ2v) is 13.2. The summed E-state index contributed by atoms with van der Waals surface area (Å²) in [7, 11) is 7.58. The largest absolute Gasteiger partial charge is 0.481 e. The molecular formula is C32H65N3O17S2. The van der Waals surface area contributed by atoms with Crippen LogP contribution in [-0.4, -0.2) is 179 Å². The quantitative estimate of drug-likeness (QED) is 0.0281. The van der Waals surface area contributed by atoms with Crippen LogP contribution < -0.4 is 16.0 Å². The minimum absolute atomic E-state index is 0.0130. The Labute approximate surface area is 326 Å². The number of carboxylic acid groups (broad SMARTS) is 1. The zero-order valence-corrected chi connectivity index (χ0v) is 34.2. The van der Waals surface area contributed by atoms with Crippen molar-refractivity contribution in [2.75, 3.05) is 92.6 Å². The van der Waals surface area contributed by atoms with Gasteiger partial charge in [0, 0.05) is 53.1 Å². The fourth-order valence-electron chi connectivity index (χ4n) is 3.29. The lowest BCUT2D eigenvalue weighted by molar-refractivity contribution is -0.181. The Bertz CT molecular complexity index is 891. The van der Waals surface area contributed by atoms with E-state index >= 15 is 0 Å². The molecule has 0 aliphatic carbocycles. The Kier molecular flexibility index (Phi) is 42.0. The van der Waals surface area contributed by atoms with Crippen LogP contribution in [-0.2, 0) is 47.5 Å². The number of carbonyl (C=O) groups is 4. The molecule has 0 saturated carbocycles. The van der Waals surface area contributed by atoms with E-state index in [9.17, 15) is 19.2 Å². The van der Waals surface area contributed by atoms with Gasteiger partial charge in [0.15, 0.2) is 18.9 Å². The standard InChI is InChI=1S/C14H28N2O6S2.C11H21NO7.C7H16O4/c1-4-11(9-17)22-13(20-2)10-21-14(19)16-6-5-12(18)15-7-8-24-23-3;1-3-8(6-13)19-10(17-2)7-18-11(16)12-5-4-9(14)15;1-3-6(4-8)11-7(5-9)10-2/h11,13,17H,4-10H2,1-3H3,(H,15,18)(H,16,19);8,10,13H,3-7H2,1-2H3,(H,12,16)(H,14,15);6-9H,3-5H2,1-2H3. The Morgan fingerprint density at radius 3 is 1.33 bits per heavy atom. The molecule has 0 rings (SSSR count). The monoisotopic (exact) mass is 827 g/mol. The average molecular weight is 828 g/mol. The van der Waals surface area contributed by atoms with E-state index in [1.54, 1.807) is 21.6 Å². The highest BCUT2D eigenvalue weighted by atomic mass is 33.1. The number of ether oxygens (including phenoxy) is 8. The van der Waals surface area contributed by atoms with Crippen molar-refractivity contribution in [1.82, 2.24) is 16.0 Å². The van der Waals surface area contributed by atoms with E-state index in [4.69, 9.17) is 63.4 Å². The number of rotatable bonds is 30. The smallest absolute Gasteiger partial charge is 0.407 e. The number of alkyl carbamates (subject to hydrolysis) is 2. The van der Waals surface area contributed by atoms with Gasteiger partial charge in [-0.2, -0.15) is 0 Å². The summed E-state index contributed by atoms with van der Waals surface area (Å²) in [6, 6.07) is 0. The molecule has 22 heteroatoms. The Morgan fingerprint density at radius 2 is 1.00 bits per heavy atom. The number of methoxy groups -OCH3 is 3. The summed E-state index contributed by atoms with van der Waals surface area (Å²) in [5, 5.41) is 51.3. The number of aliphatic hydroxyl groups is 4. The van der Waals surface area contributed by atoms with Gasteiger partial charge in [-0.3, -0.25) is 9.59 Å². The van der Waals surface area contributed by atoms with E-state index in [1.807, 2.05) is 27.0 Å². The molecule has 8 N–H and O–H groups in total. The molecular weight excluding hydrogens is 762 g/mol. The molecule has 0 aliphatic rings. The number of carboxylic acids is 1. The Morgan fingerprint density at radius 1 is 0.593 bits per heavy atom. The van der Waals surface area contributed by atoms with Crippen LogP contribution in [0.15, 0.2) is 0 Å². The lowest BCUT2D eigenvalue weighted by Crippen LogP contribution is -2.35. The van der Waals surface area contributed by atoms with Crippen LogP contribution in [0.5, 0.6) is 0 Å². The zero-order chi connectivity index (χ0) is 41.6. The second kappa shape index (κ2) is 40.4. The summed E-state index contributed by atoms with van der Waals surface area (Å²) >= 11 is 0. The summed E-state index contributed by atoms with van der Waals surface area (Å²) in [6.07, 6.45) is -0.622. The topological polar surface area (TPSA) is 279 Å². The summed E-state index contributed by atoms with van der Waals surface area (Å²) in [5.74, 6) is -0.288. The first kappa shape index (κ1) is 56.1. The number of amides is 3. The van der Waals surface area contributed by atoms with E-state index in [1.165, 1.54) is 21.3 Å². The van der Waals surface area contributed by atoms with E-state index < -0.39 is 37.0 Å². The maximum absolute atomic E-state index is 11.5. The first-order valence-electron chi connectivity index (χ1n) is 17.3. The predicted molar refractivity (Wildman–Crippen MR) is 201 cm³/mol. The highest BCUT2D eigenvalue weighted by molar-refractivity contribution is 8.76. The molecule has 6 unspecified atom stereocenters. The molecule has 0 aromatic carbocycles. The highest BCUT2D eigenvalue weighted by Crippen LogP contribution is 2.14. The molecule has 0 aliphatic heterocycles. The lowest BCUT2D eigenvalue weighted by Gasteiger charge is -2.21. The van der Waals surface area contributed by atoms with Crippen LogP contribution in [0.25, 0.3) is 0 Å². The van der Waals surface area contributed by atoms with Gasteiger partial charge in [-0.1, -0.05) is 42.4 Å². The molecule has 0 spiro atoms. The van der Waals surface area contributed by atoms with Crippen molar-refractivity contribution >= 4 is 45.7 Å². The molecule has 0 radical (unpaired) electrons. The summed E-state index contributed by atoms with van der Waals surface area (Å²) < 4.78 is 40.3. The zero-order valence-electron chi connectivity index (χ0n) is 32.5. The van der Waals surface area contributed by atoms with Crippen molar-refractivity contribution in [1.29, 1.82) is 0 Å². The molecule has 0 fully saturated rings. The molecule has 0 heterocycles. The van der Waals surface area contributed by atoms with Crippen molar-refractivity contribution in [3.05, 3.63) is 0 Å². The molecule has 0 aromatic rings. The predicted octanol–water partition coefficient (Wildman–Crippen LogP) is 0.676. The highest BCUT2D eigenvalue weighted by Gasteiger charge is 2.18. The first-order chi connectivity index (χ1) is 25.9. The van der Waals surface area contributed by atoms with Crippen molar-refractivity contribution < 1.29 is 82.6 Å². The third-order valence-corrected chi connectivity index (χ3v) is 8.32. The SMILES string of the molecule is CCC(CO)OC(CO)OC.CCC(CO)OC(COC(=O)NCCC(=O)NCCSSC)OC.CCC(CO)OC(COC(=O)NCCC(=O)O)OC. The van der Waals surface area contributed by atoms with E-state index in [-0.39, 0.29) is 89.8 Å². The van der Waals surface area contributed by atoms with Gasteiger partial charge >= 0.3 is 18.2 Å². The molecule has 54 heavy (non-hydrogen) atoms. The normalized spacial score (nSPS) is 14.0. The Balaban J connectivity index is -0.000000772. The minimum Gasteiger partial charge on any atom is -0.481 e. The van der Waals surface area contributed by atoms with Crippen LogP contribution in [0.1, 0.15) is 52.9 Å². The molecule has 20 nitrogen and oxygen atoms in total. The van der Waals surface area contributed by atoms with Crippen molar-refractivity contribution in [3.63, 3.8) is 0 Å². The minimum atomic E-state index is -1.01. The van der Waals surface area contributed by atoms with Gasteiger partial charge in [0.05, 0.1) is 51.2 Å². The van der Waals surface area contributed by atoms with E-state index in [2.05, 4.69) is 16.0 Å². The van der Waals surface area contributed by atoms with Gasteiger partial charge in [-0.05, 0) is 25.5 Å². The number of nitrogens with one attached hydrogen (secondary N) is 3. The van der Waals surface area contributed by atoms with Crippen molar-refractivity contribution in [2.24, 2.45) is 0 Å². The third kappa shape index (κ3) is 35.5. The molecule has 6 atom stereocenters. The number of aliphatic hydroxyl groups excluding tert-OH is 4. The fraction of sp³-hybridized carbons (Fsp3) is 0.875. The van der Waals surface area contributed by atoms with E-state index in [0.717, 1.165) is 5.75 Å². The molecule has 3 amide bonds. The number of hydrogen-bond donors (Lipinski definition) is 8. The third-order valence-electron chi connectivity index (χ3n) is 6.50. The van der Waals surface area contributed by atoms with Gasteiger partial charge in [-0.25, -0.2) is 9.59 Å². The number of hydrogen-bond acceptors (Lipinski definition) is 18. The fourth-order valence-corrected chi connectivity index (χ4v) is 4.39. The van der Waals surface area contributed by atoms with Crippen LogP contribution in [0, 0.1) is 0 Å². The van der Waals surface area contributed by atoms with Crippen LogP contribution in [0.4, 0.5) is 9.59 Å². The van der Waals surface area contributed by atoms with Gasteiger partial charge in [0.25, 0.3) is 0 Å². The molecule has 0 saturated heterocycles. The van der Waals surface area contributed by atoms with Gasteiger partial charge < -0.3 is 79.4 Å². The maximum Gasteiger partial charge on any atom is 0.407 e. The first-order valence-corrected chi connectivity index (χ1v) is 20.0. The van der Waals surface area contributed by atoms with Crippen LogP contribution in [0.3, 0.4) is 0 Å². The van der Waals surface area contributed by atoms with Gasteiger partial charge in [-0.15, -0.1) is 0 Å². The summed E-state index contributed by atoms with van der Waals surface area (Å²) in [4.78, 5) is 44.4. The number of aliphatic carboxylic acids is 1. The van der Waals surface area contributed by atoms with Crippen LogP contribution >= 0.6 is 21.6 Å². The number of carbonyl (C=O) groups excluding carboxylic acids is 3. The van der Waals surface area contributed by atoms with E-state index in [0.29, 0.717) is 25.8 Å². The molecule has 0 aromatic heterocycles. The maximum atomic E-state index is 11.5. The summed E-state index contributed by atoms with van der Waals surface area (Å²) in [5.41, 5.74) is 0. The summed E-state index contributed by atoms with van der Waals surface area (Å²) in [6.45, 7) is 5.61.